The Morgan fingerprint density at radius 2 is 2.17 bits per heavy atom. The van der Waals surface area contributed by atoms with Gasteiger partial charge in [0.15, 0.2) is 5.16 Å². The van der Waals surface area contributed by atoms with Crippen molar-refractivity contribution in [2.75, 3.05) is 0 Å². The van der Waals surface area contributed by atoms with Gasteiger partial charge in [0.2, 0.25) is 0 Å². The van der Waals surface area contributed by atoms with Gasteiger partial charge in [-0.25, -0.2) is 4.98 Å². The molecule has 0 aliphatic rings. The van der Waals surface area contributed by atoms with Gasteiger partial charge in [0, 0.05) is 13.6 Å². The summed E-state index contributed by atoms with van der Waals surface area (Å²) in [6.45, 7) is 3.25. The molecule has 18 heavy (non-hydrogen) atoms. The summed E-state index contributed by atoms with van der Waals surface area (Å²) in [6, 6.07) is 0. The average molecular weight is 287 g/mol. The number of imidazole rings is 1. The van der Waals surface area contributed by atoms with Crippen LogP contribution in [0.25, 0.3) is 0 Å². The fraction of sp³-hybridized carbons (Fsp3) is 0.500. The van der Waals surface area contributed by atoms with Crippen molar-refractivity contribution in [2.45, 2.75) is 30.9 Å². The number of nitrogens with zero attached hydrogens (tertiary/aromatic N) is 5. The first-order chi connectivity index (χ1) is 8.67. The second-order valence-corrected chi connectivity index (χ2v) is 5.02. The number of rotatable bonds is 5. The molecule has 0 saturated carbocycles. The van der Waals surface area contributed by atoms with Gasteiger partial charge in [0.1, 0.15) is 16.8 Å². The number of hydrogen-bond donors (Lipinski definition) is 1. The Morgan fingerprint density at radius 1 is 1.39 bits per heavy atom. The van der Waals surface area contributed by atoms with Crippen LogP contribution >= 0.6 is 23.4 Å². The number of aromatic nitrogens is 5. The number of halogens is 1. The molecule has 8 heteroatoms. The summed E-state index contributed by atoms with van der Waals surface area (Å²) in [5.41, 5.74) is 5.61. The summed E-state index contributed by atoms with van der Waals surface area (Å²) < 4.78 is 3.86. The van der Waals surface area contributed by atoms with Gasteiger partial charge in [0.25, 0.3) is 0 Å². The van der Waals surface area contributed by atoms with E-state index in [4.69, 9.17) is 17.3 Å². The Bertz CT molecular complexity index is 534. The molecule has 0 amide bonds. The highest BCUT2D eigenvalue weighted by molar-refractivity contribution is 7.98. The Hall–Kier alpha value is -1.05. The van der Waals surface area contributed by atoms with Gasteiger partial charge in [-0.15, -0.1) is 10.2 Å². The third-order valence-electron chi connectivity index (χ3n) is 2.65. The van der Waals surface area contributed by atoms with E-state index in [0.29, 0.717) is 17.5 Å². The number of nitrogens with two attached hydrogens (primary N) is 1. The van der Waals surface area contributed by atoms with E-state index in [1.165, 1.54) is 0 Å². The highest BCUT2D eigenvalue weighted by Crippen LogP contribution is 2.22. The molecule has 2 N–H and O–H groups in total. The van der Waals surface area contributed by atoms with E-state index in [0.717, 1.165) is 23.4 Å². The van der Waals surface area contributed by atoms with Crippen molar-refractivity contribution in [3.05, 3.63) is 23.0 Å². The molecule has 2 aromatic rings. The normalized spacial score (nSPS) is 11.1. The van der Waals surface area contributed by atoms with Crippen LogP contribution in [0.5, 0.6) is 0 Å². The minimum Gasteiger partial charge on any atom is -0.324 e. The lowest BCUT2D eigenvalue weighted by Gasteiger charge is -2.06. The molecule has 0 aliphatic carbocycles. The molecule has 98 valence electrons. The molecule has 6 nitrogen and oxygen atoms in total. The van der Waals surface area contributed by atoms with Crippen molar-refractivity contribution < 1.29 is 0 Å². The summed E-state index contributed by atoms with van der Waals surface area (Å²) >= 11 is 7.52. The zero-order valence-electron chi connectivity index (χ0n) is 10.3. The maximum absolute atomic E-state index is 5.94. The number of hydrogen-bond acceptors (Lipinski definition) is 5. The quantitative estimate of drug-likeness (QED) is 0.842. The smallest absolute Gasteiger partial charge is 0.191 e. The minimum absolute atomic E-state index is 0.398. The van der Waals surface area contributed by atoms with Crippen LogP contribution in [-0.2, 0) is 25.9 Å². The van der Waals surface area contributed by atoms with Crippen LogP contribution in [0.4, 0.5) is 0 Å². The predicted molar refractivity (Wildman–Crippen MR) is 71.4 cm³/mol. The topological polar surface area (TPSA) is 74.6 Å². The Kier molecular flexibility index (Phi) is 4.26. The van der Waals surface area contributed by atoms with Crippen LogP contribution < -0.4 is 5.73 Å². The van der Waals surface area contributed by atoms with E-state index in [1.54, 1.807) is 18.0 Å². The largest absolute Gasteiger partial charge is 0.324 e. The monoisotopic (exact) mass is 286 g/mol. The molecule has 0 aromatic carbocycles. The molecule has 0 radical (unpaired) electrons. The fourth-order valence-electron chi connectivity index (χ4n) is 1.58. The highest BCUT2D eigenvalue weighted by atomic mass is 35.5. The molecule has 0 saturated heterocycles. The third-order valence-corrected chi connectivity index (χ3v) is 3.96. The summed E-state index contributed by atoms with van der Waals surface area (Å²) in [6.07, 6.45) is 1.65. The van der Waals surface area contributed by atoms with Crippen LogP contribution in [-0.4, -0.2) is 24.3 Å². The van der Waals surface area contributed by atoms with Gasteiger partial charge in [-0.3, -0.25) is 0 Å². The first-order valence-electron chi connectivity index (χ1n) is 5.58. The lowest BCUT2D eigenvalue weighted by molar-refractivity contribution is 0.642. The van der Waals surface area contributed by atoms with E-state index in [2.05, 4.69) is 15.2 Å². The zero-order chi connectivity index (χ0) is 13.1. The molecule has 2 aromatic heterocycles. The van der Waals surface area contributed by atoms with Crippen molar-refractivity contribution in [1.29, 1.82) is 0 Å². The third kappa shape index (κ3) is 2.52. The Balaban J connectivity index is 2.11. The van der Waals surface area contributed by atoms with Crippen molar-refractivity contribution in [3.63, 3.8) is 0 Å². The Morgan fingerprint density at radius 3 is 2.72 bits per heavy atom. The van der Waals surface area contributed by atoms with Gasteiger partial charge in [-0.2, -0.15) is 0 Å². The predicted octanol–water partition coefficient (Wildman–Crippen LogP) is 1.44. The number of thioether (sulfide) groups is 1. The second kappa shape index (κ2) is 5.73. The van der Waals surface area contributed by atoms with Crippen molar-refractivity contribution in [1.82, 2.24) is 24.3 Å². The molecule has 0 bridgehead atoms. The molecule has 0 spiro atoms. The summed E-state index contributed by atoms with van der Waals surface area (Å²) in [5, 5.41) is 9.68. The molecular weight excluding hydrogens is 272 g/mol. The second-order valence-electron chi connectivity index (χ2n) is 3.69. The molecule has 2 rings (SSSR count). The van der Waals surface area contributed by atoms with Gasteiger partial charge in [-0.1, -0.05) is 23.4 Å². The van der Waals surface area contributed by atoms with Crippen LogP contribution in [0.3, 0.4) is 0 Å². The summed E-state index contributed by atoms with van der Waals surface area (Å²) in [7, 11) is 1.89. The molecule has 0 aliphatic heterocycles. The van der Waals surface area contributed by atoms with E-state index >= 15 is 0 Å². The lowest BCUT2D eigenvalue weighted by Crippen LogP contribution is -2.08. The highest BCUT2D eigenvalue weighted by Gasteiger charge is 2.12. The maximum Gasteiger partial charge on any atom is 0.191 e. The molecule has 0 unspecified atom stereocenters. The molecule has 0 fully saturated rings. The van der Waals surface area contributed by atoms with E-state index in [9.17, 15) is 0 Å². The van der Waals surface area contributed by atoms with E-state index in [1.807, 2.05) is 23.1 Å². The van der Waals surface area contributed by atoms with Crippen LogP contribution in [0.2, 0.25) is 5.15 Å². The lowest BCUT2D eigenvalue weighted by atomic mass is 10.6. The first kappa shape index (κ1) is 13.4. The Labute approximate surface area is 115 Å². The minimum atomic E-state index is 0.398. The van der Waals surface area contributed by atoms with Gasteiger partial charge >= 0.3 is 0 Å². The van der Waals surface area contributed by atoms with Crippen molar-refractivity contribution in [3.8, 4) is 0 Å². The fourth-order valence-corrected chi connectivity index (χ4v) is 2.74. The summed E-state index contributed by atoms with van der Waals surface area (Å²) in [4.78, 5) is 4.24. The van der Waals surface area contributed by atoms with Crippen molar-refractivity contribution >= 4 is 23.4 Å². The molecule has 0 atom stereocenters. The summed E-state index contributed by atoms with van der Waals surface area (Å²) in [5.74, 6) is 2.41. The van der Waals surface area contributed by atoms with Crippen LogP contribution in [0, 0.1) is 0 Å². The first-order valence-corrected chi connectivity index (χ1v) is 6.94. The zero-order valence-corrected chi connectivity index (χ0v) is 11.9. The standard InChI is InChI=1S/C10H15ClN6S/c1-3-17-8(4-12)14-15-10(17)18-6-9-13-5-7(11)16(9)2/h5H,3-4,6,12H2,1-2H3. The van der Waals surface area contributed by atoms with Crippen LogP contribution in [0.1, 0.15) is 18.6 Å². The molecule has 2 heterocycles. The van der Waals surface area contributed by atoms with Gasteiger partial charge in [-0.05, 0) is 6.92 Å². The van der Waals surface area contributed by atoms with E-state index in [-0.39, 0.29) is 0 Å². The molecular formula is C10H15ClN6S. The maximum atomic E-state index is 5.94. The van der Waals surface area contributed by atoms with Gasteiger partial charge < -0.3 is 14.9 Å². The van der Waals surface area contributed by atoms with Gasteiger partial charge in [0.05, 0.1) is 18.5 Å². The van der Waals surface area contributed by atoms with Crippen molar-refractivity contribution in [2.24, 2.45) is 12.8 Å². The van der Waals surface area contributed by atoms with Crippen LogP contribution in [0.15, 0.2) is 11.4 Å². The average Bonchev–Trinajstić information content (AvgIpc) is 2.92. The van der Waals surface area contributed by atoms with E-state index < -0.39 is 0 Å². The SMILES string of the molecule is CCn1c(CN)nnc1SCc1ncc(Cl)n1C.